The Bertz CT molecular complexity index is 569. The number of carbonyl (C=O) groups is 1. The molecule has 0 aromatic carbocycles. The van der Waals surface area contributed by atoms with Crippen LogP contribution in [0.5, 0.6) is 0 Å². The van der Waals surface area contributed by atoms with Gasteiger partial charge < -0.3 is 9.42 Å². The topological polar surface area (TPSA) is 71.3 Å². The number of aromatic nitrogens is 2. The zero-order valence-electron chi connectivity index (χ0n) is 10.3. The SMILES string of the molecule is CN1CCc2nc(NC(=O)c3ccno3)sc2C1.Cl. The molecular formula is C11H13ClN4O2S. The van der Waals surface area contributed by atoms with Crippen LogP contribution in [0.2, 0.25) is 0 Å². The Hall–Kier alpha value is -1.44. The lowest BCUT2D eigenvalue weighted by Gasteiger charge is -2.20. The van der Waals surface area contributed by atoms with Gasteiger partial charge in [0.1, 0.15) is 0 Å². The number of amides is 1. The van der Waals surface area contributed by atoms with E-state index in [4.69, 9.17) is 4.52 Å². The highest BCUT2D eigenvalue weighted by Crippen LogP contribution is 2.27. The summed E-state index contributed by atoms with van der Waals surface area (Å²) >= 11 is 1.52. The normalized spacial score (nSPS) is 14.6. The molecule has 0 radical (unpaired) electrons. The number of fused-ring (bicyclic) bond motifs is 1. The van der Waals surface area contributed by atoms with Crippen LogP contribution in [0.4, 0.5) is 5.13 Å². The molecule has 8 heteroatoms. The zero-order valence-corrected chi connectivity index (χ0v) is 11.9. The van der Waals surface area contributed by atoms with Gasteiger partial charge in [-0.3, -0.25) is 10.1 Å². The molecule has 0 aliphatic carbocycles. The number of halogens is 1. The molecule has 0 saturated carbocycles. The van der Waals surface area contributed by atoms with E-state index < -0.39 is 0 Å². The van der Waals surface area contributed by atoms with Crippen molar-refractivity contribution in [2.45, 2.75) is 13.0 Å². The van der Waals surface area contributed by atoms with Crippen LogP contribution in [0.15, 0.2) is 16.8 Å². The molecule has 2 aromatic heterocycles. The van der Waals surface area contributed by atoms with Crippen molar-refractivity contribution in [1.29, 1.82) is 0 Å². The lowest BCUT2D eigenvalue weighted by molar-refractivity contribution is 0.0988. The minimum atomic E-state index is -0.313. The van der Waals surface area contributed by atoms with Crippen LogP contribution in [0.25, 0.3) is 0 Å². The monoisotopic (exact) mass is 300 g/mol. The first kappa shape index (κ1) is 14.0. The Labute approximate surface area is 120 Å². The van der Waals surface area contributed by atoms with Crippen LogP contribution in [0, 0.1) is 0 Å². The van der Waals surface area contributed by atoms with Gasteiger partial charge >= 0.3 is 0 Å². The number of rotatable bonds is 2. The molecule has 0 bridgehead atoms. The van der Waals surface area contributed by atoms with Crippen LogP contribution in [-0.2, 0) is 13.0 Å². The van der Waals surface area contributed by atoms with Crippen molar-refractivity contribution in [3.63, 3.8) is 0 Å². The fraction of sp³-hybridized carbons (Fsp3) is 0.364. The fourth-order valence-corrected chi connectivity index (χ4v) is 2.95. The minimum absolute atomic E-state index is 0. The first-order valence-electron chi connectivity index (χ1n) is 5.61. The van der Waals surface area contributed by atoms with Gasteiger partial charge in [-0.15, -0.1) is 23.7 Å². The summed E-state index contributed by atoms with van der Waals surface area (Å²) in [6, 6.07) is 1.52. The van der Waals surface area contributed by atoms with Crippen LogP contribution < -0.4 is 5.32 Å². The molecule has 0 saturated heterocycles. The van der Waals surface area contributed by atoms with Gasteiger partial charge in [0.2, 0.25) is 5.76 Å². The smallest absolute Gasteiger partial charge is 0.296 e. The lowest BCUT2D eigenvalue weighted by atomic mass is 10.2. The second kappa shape index (κ2) is 5.68. The first-order valence-corrected chi connectivity index (χ1v) is 6.43. The molecule has 1 aliphatic rings. The van der Waals surface area contributed by atoms with E-state index in [1.807, 2.05) is 0 Å². The van der Waals surface area contributed by atoms with Crippen molar-refractivity contribution in [3.8, 4) is 0 Å². The van der Waals surface area contributed by atoms with Crippen molar-refractivity contribution >= 4 is 34.8 Å². The second-order valence-corrected chi connectivity index (χ2v) is 5.29. The number of likely N-dealkylation sites (N-methyl/N-ethyl adjacent to an activating group) is 1. The predicted octanol–water partition coefficient (Wildman–Crippen LogP) is 1.79. The van der Waals surface area contributed by atoms with Gasteiger partial charge in [0.15, 0.2) is 5.13 Å². The van der Waals surface area contributed by atoms with Gasteiger partial charge in [0.05, 0.1) is 11.9 Å². The molecule has 0 atom stereocenters. The average molecular weight is 301 g/mol. The highest BCUT2D eigenvalue weighted by molar-refractivity contribution is 7.15. The summed E-state index contributed by atoms with van der Waals surface area (Å²) in [7, 11) is 2.08. The number of hydrogen-bond donors (Lipinski definition) is 1. The number of carbonyl (C=O) groups excluding carboxylic acids is 1. The summed E-state index contributed by atoms with van der Waals surface area (Å²) in [6.45, 7) is 1.90. The maximum Gasteiger partial charge on any atom is 0.296 e. The molecule has 1 amide bonds. The molecule has 6 nitrogen and oxygen atoms in total. The van der Waals surface area contributed by atoms with E-state index in [1.165, 1.54) is 28.5 Å². The number of thiazole rings is 1. The summed E-state index contributed by atoms with van der Waals surface area (Å²) < 4.78 is 4.79. The first-order chi connectivity index (χ1) is 8.72. The van der Waals surface area contributed by atoms with Crippen molar-refractivity contribution in [2.24, 2.45) is 0 Å². The predicted molar refractivity (Wildman–Crippen MR) is 73.9 cm³/mol. The number of nitrogens with zero attached hydrogens (tertiary/aromatic N) is 3. The van der Waals surface area contributed by atoms with E-state index in [2.05, 4.69) is 27.4 Å². The van der Waals surface area contributed by atoms with Gasteiger partial charge in [-0.1, -0.05) is 5.16 Å². The quantitative estimate of drug-likeness (QED) is 0.915. The molecule has 3 heterocycles. The number of nitrogens with one attached hydrogen (secondary N) is 1. The van der Waals surface area contributed by atoms with E-state index in [1.54, 1.807) is 0 Å². The highest BCUT2D eigenvalue weighted by atomic mass is 35.5. The third-order valence-corrected chi connectivity index (χ3v) is 3.80. The van der Waals surface area contributed by atoms with E-state index in [0.717, 1.165) is 25.2 Å². The minimum Gasteiger partial charge on any atom is -0.351 e. The van der Waals surface area contributed by atoms with E-state index in [9.17, 15) is 4.79 Å². The molecule has 1 N–H and O–H groups in total. The van der Waals surface area contributed by atoms with Crippen molar-refractivity contribution in [3.05, 3.63) is 28.6 Å². The Morgan fingerprint density at radius 1 is 1.58 bits per heavy atom. The van der Waals surface area contributed by atoms with Gasteiger partial charge in [-0.25, -0.2) is 4.98 Å². The third kappa shape index (κ3) is 2.94. The Kier molecular flexibility index (Phi) is 4.18. The maximum absolute atomic E-state index is 11.8. The van der Waals surface area contributed by atoms with E-state index in [-0.39, 0.29) is 24.1 Å². The lowest BCUT2D eigenvalue weighted by Crippen LogP contribution is -2.25. The zero-order chi connectivity index (χ0) is 12.5. The molecule has 0 spiro atoms. The number of hydrogen-bond acceptors (Lipinski definition) is 6. The van der Waals surface area contributed by atoms with Crippen molar-refractivity contribution in [2.75, 3.05) is 18.9 Å². The van der Waals surface area contributed by atoms with Crippen LogP contribution in [-0.4, -0.2) is 34.5 Å². The van der Waals surface area contributed by atoms with E-state index in [0.29, 0.717) is 5.13 Å². The summed E-state index contributed by atoms with van der Waals surface area (Å²) in [4.78, 5) is 19.7. The Balaban J connectivity index is 0.00000133. The van der Waals surface area contributed by atoms with Crippen molar-refractivity contribution in [1.82, 2.24) is 15.0 Å². The summed E-state index contributed by atoms with van der Waals surface area (Å²) in [6.07, 6.45) is 2.37. The second-order valence-electron chi connectivity index (χ2n) is 4.21. The fourth-order valence-electron chi connectivity index (χ4n) is 1.87. The average Bonchev–Trinajstić information content (AvgIpc) is 2.95. The van der Waals surface area contributed by atoms with Gasteiger partial charge in [-0.2, -0.15) is 0 Å². The molecule has 3 rings (SSSR count). The Morgan fingerprint density at radius 3 is 3.16 bits per heavy atom. The summed E-state index contributed by atoms with van der Waals surface area (Å²) in [5.74, 6) is -0.118. The molecule has 102 valence electrons. The van der Waals surface area contributed by atoms with Gasteiger partial charge in [0, 0.05) is 30.5 Å². The molecule has 1 aliphatic heterocycles. The third-order valence-electron chi connectivity index (χ3n) is 2.80. The highest BCUT2D eigenvalue weighted by Gasteiger charge is 2.20. The largest absolute Gasteiger partial charge is 0.351 e. The van der Waals surface area contributed by atoms with Gasteiger partial charge in [0.25, 0.3) is 5.91 Å². The van der Waals surface area contributed by atoms with Crippen LogP contribution in [0.3, 0.4) is 0 Å². The molecule has 19 heavy (non-hydrogen) atoms. The summed E-state index contributed by atoms with van der Waals surface area (Å²) in [5, 5.41) is 6.85. The molecule has 0 unspecified atom stereocenters. The van der Waals surface area contributed by atoms with E-state index >= 15 is 0 Å². The number of anilines is 1. The molecule has 0 fully saturated rings. The standard InChI is InChI=1S/C11H12N4O2S.ClH/c1-15-5-3-7-9(6-15)18-11(13-7)14-10(16)8-2-4-12-17-8;/h2,4H,3,5-6H2,1H3,(H,13,14,16);1H. The molecule has 2 aromatic rings. The maximum atomic E-state index is 11.8. The molecular weight excluding hydrogens is 288 g/mol. The van der Waals surface area contributed by atoms with Crippen LogP contribution >= 0.6 is 23.7 Å². The summed E-state index contributed by atoms with van der Waals surface area (Å²) in [5.41, 5.74) is 1.09. The Morgan fingerprint density at radius 2 is 2.42 bits per heavy atom. The van der Waals surface area contributed by atoms with Gasteiger partial charge in [-0.05, 0) is 7.05 Å². The van der Waals surface area contributed by atoms with Crippen molar-refractivity contribution < 1.29 is 9.32 Å². The van der Waals surface area contributed by atoms with Crippen LogP contribution in [0.1, 0.15) is 21.1 Å².